The quantitative estimate of drug-likeness (QED) is 0.716. The fraction of sp³-hybridized carbons (Fsp3) is 1.00. The van der Waals surface area contributed by atoms with Gasteiger partial charge in [0.2, 0.25) is 0 Å². The van der Waals surface area contributed by atoms with Crippen LogP contribution in [0.2, 0.25) is 0 Å². The average molecular weight is 196 g/mol. The van der Waals surface area contributed by atoms with Gasteiger partial charge in [-0.3, -0.25) is 0 Å². The van der Waals surface area contributed by atoms with Crippen LogP contribution >= 0.6 is 0 Å². The molecule has 2 fully saturated rings. The molecule has 0 radical (unpaired) electrons. The van der Waals surface area contributed by atoms with E-state index in [0.29, 0.717) is 5.41 Å². The van der Waals surface area contributed by atoms with Gasteiger partial charge in [0.25, 0.3) is 0 Å². The molecule has 0 bridgehead atoms. The molecule has 1 atom stereocenters. The van der Waals surface area contributed by atoms with Crippen molar-refractivity contribution in [3.05, 3.63) is 0 Å². The summed E-state index contributed by atoms with van der Waals surface area (Å²) < 4.78 is 0. The van der Waals surface area contributed by atoms with Crippen molar-refractivity contribution < 1.29 is 0 Å². The highest BCUT2D eigenvalue weighted by molar-refractivity contribution is 4.85. The molecule has 0 aromatic heterocycles. The predicted molar refractivity (Wildman–Crippen MR) is 60.4 cm³/mol. The second-order valence-electron chi connectivity index (χ2n) is 5.51. The number of piperidine rings is 1. The Hall–Kier alpha value is -0.0800. The first-order valence-corrected chi connectivity index (χ1v) is 6.20. The molecule has 0 aromatic carbocycles. The molecule has 2 aliphatic rings. The summed E-state index contributed by atoms with van der Waals surface area (Å²) in [5, 5.41) is 7.13. The van der Waals surface area contributed by atoms with Crippen LogP contribution < -0.4 is 10.6 Å². The summed E-state index contributed by atoms with van der Waals surface area (Å²) in [4.78, 5) is 0. The van der Waals surface area contributed by atoms with Gasteiger partial charge in [0.15, 0.2) is 0 Å². The highest BCUT2D eigenvalue weighted by Gasteiger charge is 2.31. The van der Waals surface area contributed by atoms with Crippen LogP contribution in [0.4, 0.5) is 0 Å². The minimum absolute atomic E-state index is 0.641. The fourth-order valence-corrected chi connectivity index (χ4v) is 2.63. The van der Waals surface area contributed by atoms with Crippen LogP contribution in [0.3, 0.4) is 0 Å². The van der Waals surface area contributed by atoms with Crippen LogP contribution in [-0.2, 0) is 0 Å². The summed E-state index contributed by atoms with van der Waals surface area (Å²) in [6, 6.07) is 0. The van der Waals surface area contributed by atoms with E-state index in [-0.39, 0.29) is 0 Å². The summed E-state index contributed by atoms with van der Waals surface area (Å²) in [5.74, 6) is 0.882. The lowest BCUT2D eigenvalue weighted by molar-refractivity contribution is 0.153. The lowest BCUT2D eigenvalue weighted by atomic mass is 9.70. The third-order valence-electron chi connectivity index (χ3n) is 3.94. The Morgan fingerprint density at radius 2 is 2.21 bits per heavy atom. The van der Waals surface area contributed by atoms with Crippen molar-refractivity contribution >= 4 is 0 Å². The SMILES string of the molecule is CC1(CNCC2CCCNC2)CCC1. The number of hydrogen-bond acceptors (Lipinski definition) is 2. The maximum atomic E-state index is 3.66. The summed E-state index contributed by atoms with van der Waals surface area (Å²) >= 11 is 0. The van der Waals surface area contributed by atoms with E-state index in [1.165, 1.54) is 58.3 Å². The Kier molecular flexibility index (Phi) is 3.45. The third kappa shape index (κ3) is 2.71. The smallest absolute Gasteiger partial charge is 0.000528 e. The Balaban J connectivity index is 1.57. The average Bonchev–Trinajstić information content (AvgIpc) is 2.17. The maximum absolute atomic E-state index is 3.66. The summed E-state index contributed by atoms with van der Waals surface area (Å²) in [6.07, 6.45) is 7.09. The molecule has 1 saturated carbocycles. The van der Waals surface area contributed by atoms with E-state index < -0.39 is 0 Å². The second-order valence-corrected chi connectivity index (χ2v) is 5.51. The van der Waals surface area contributed by atoms with Crippen molar-refractivity contribution in [2.45, 2.75) is 39.0 Å². The molecule has 2 heteroatoms. The molecule has 0 aromatic rings. The van der Waals surface area contributed by atoms with Gasteiger partial charge >= 0.3 is 0 Å². The molecule has 1 aliphatic heterocycles. The molecule has 1 aliphatic carbocycles. The van der Waals surface area contributed by atoms with Gasteiger partial charge in [0.1, 0.15) is 0 Å². The van der Waals surface area contributed by atoms with Crippen LogP contribution in [0.1, 0.15) is 39.0 Å². The van der Waals surface area contributed by atoms with Crippen molar-refractivity contribution in [2.24, 2.45) is 11.3 Å². The zero-order chi connectivity index (χ0) is 9.86. The van der Waals surface area contributed by atoms with E-state index in [2.05, 4.69) is 17.6 Å². The Bertz CT molecular complexity index is 169. The molecule has 1 saturated heterocycles. The highest BCUT2D eigenvalue weighted by atomic mass is 14.9. The Labute approximate surface area is 87.8 Å². The fourth-order valence-electron chi connectivity index (χ4n) is 2.63. The van der Waals surface area contributed by atoms with Gasteiger partial charge in [-0.05, 0) is 56.7 Å². The van der Waals surface area contributed by atoms with E-state index in [1.54, 1.807) is 0 Å². The van der Waals surface area contributed by atoms with Crippen LogP contribution in [0.15, 0.2) is 0 Å². The highest BCUT2D eigenvalue weighted by Crippen LogP contribution is 2.39. The van der Waals surface area contributed by atoms with Crippen LogP contribution in [0.25, 0.3) is 0 Å². The van der Waals surface area contributed by atoms with Crippen molar-refractivity contribution in [3.8, 4) is 0 Å². The van der Waals surface area contributed by atoms with E-state index in [1.807, 2.05) is 0 Å². The van der Waals surface area contributed by atoms with Crippen molar-refractivity contribution in [1.82, 2.24) is 10.6 Å². The number of nitrogens with one attached hydrogen (secondary N) is 2. The minimum Gasteiger partial charge on any atom is -0.316 e. The molecule has 0 amide bonds. The summed E-state index contributed by atoms with van der Waals surface area (Å²) in [6.45, 7) is 7.34. The van der Waals surface area contributed by atoms with E-state index >= 15 is 0 Å². The molecule has 2 rings (SSSR count). The lowest BCUT2D eigenvalue weighted by Crippen LogP contribution is -2.42. The van der Waals surface area contributed by atoms with Gasteiger partial charge in [0.05, 0.1) is 0 Å². The van der Waals surface area contributed by atoms with E-state index in [9.17, 15) is 0 Å². The van der Waals surface area contributed by atoms with Crippen LogP contribution in [-0.4, -0.2) is 26.2 Å². The Morgan fingerprint density at radius 1 is 1.36 bits per heavy atom. The second kappa shape index (κ2) is 4.63. The zero-order valence-corrected chi connectivity index (χ0v) is 9.44. The number of hydrogen-bond donors (Lipinski definition) is 2. The molecule has 2 nitrogen and oxygen atoms in total. The van der Waals surface area contributed by atoms with Crippen molar-refractivity contribution in [2.75, 3.05) is 26.2 Å². The zero-order valence-electron chi connectivity index (χ0n) is 9.44. The standard InChI is InChI=1S/C12H24N2/c1-12(5-3-6-12)10-14-9-11-4-2-7-13-8-11/h11,13-14H,2-10H2,1H3. The van der Waals surface area contributed by atoms with E-state index in [4.69, 9.17) is 0 Å². The summed E-state index contributed by atoms with van der Waals surface area (Å²) in [5.41, 5.74) is 0.641. The molecule has 14 heavy (non-hydrogen) atoms. The molecule has 1 unspecified atom stereocenters. The van der Waals surface area contributed by atoms with Crippen molar-refractivity contribution in [1.29, 1.82) is 0 Å². The monoisotopic (exact) mass is 196 g/mol. The molecule has 2 N–H and O–H groups in total. The minimum atomic E-state index is 0.641. The summed E-state index contributed by atoms with van der Waals surface area (Å²) in [7, 11) is 0. The third-order valence-corrected chi connectivity index (χ3v) is 3.94. The first-order chi connectivity index (χ1) is 6.79. The topological polar surface area (TPSA) is 24.1 Å². The lowest BCUT2D eigenvalue weighted by Gasteiger charge is -2.39. The van der Waals surface area contributed by atoms with Gasteiger partial charge in [0, 0.05) is 6.54 Å². The van der Waals surface area contributed by atoms with Gasteiger partial charge in [-0.2, -0.15) is 0 Å². The molecule has 1 heterocycles. The van der Waals surface area contributed by atoms with Crippen molar-refractivity contribution in [3.63, 3.8) is 0 Å². The van der Waals surface area contributed by atoms with Gasteiger partial charge in [-0.25, -0.2) is 0 Å². The van der Waals surface area contributed by atoms with Crippen LogP contribution in [0.5, 0.6) is 0 Å². The molecular weight excluding hydrogens is 172 g/mol. The van der Waals surface area contributed by atoms with Gasteiger partial charge in [-0.15, -0.1) is 0 Å². The van der Waals surface area contributed by atoms with E-state index in [0.717, 1.165) is 5.92 Å². The Morgan fingerprint density at radius 3 is 2.79 bits per heavy atom. The maximum Gasteiger partial charge on any atom is 0.000528 e. The first kappa shape index (κ1) is 10.4. The van der Waals surface area contributed by atoms with Gasteiger partial charge in [-0.1, -0.05) is 13.3 Å². The number of rotatable bonds is 4. The molecule has 82 valence electrons. The first-order valence-electron chi connectivity index (χ1n) is 6.20. The predicted octanol–water partition coefficient (Wildman–Crippen LogP) is 1.77. The molecule has 0 spiro atoms. The van der Waals surface area contributed by atoms with Gasteiger partial charge < -0.3 is 10.6 Å². The molecular formula is C12H24N2. The largest absolute Gasteiger partial charge is 0.316 e. The normalized spacial score (nSPS) is 31.1. The van der Waals surface area contributed by atoms with Crippen LogP contribution in [0, 0.1) is 11.3 Å².